The molecule has 2 aromatic heterocycles. The number of rotatable bonds is 6. The summed E-state index contributed by atoms with van der Waals surface area (Å²) in [5.74, 6) is 1.23. The predicted molar refractivity (Wildman–Crippen MR) is 162 cm³/mol. The van der Waals surface area contributed by atoms with E-state index in [2.05, 4.69) is 37.0 Å². The van der Waals surface area contributed by atoms with Crippen LogP contribution in [0.1, 0.15) is 11.1 Å². The van der Waals surface area contributed by atoms with E-state index in [1.54, 1.807) is 30.3 Å². The Morgan fingerprint density at radius 1 is 0.974 bits per heavy atom. The molecule has 6 rings (SSSR count). The molecule has 0 aliphatic carbocycles. The first kappa shape index (κ1) is 25.6. The Morgan fingerprint density at radius 2 is 1.77 bits per heavy atom. The third-order valence-corrected chi connectivity index (χ3v) is 7.33. The van der Waals surface area contributed by atoms with Gasteiger partial charge >= 0.3 is 0 Å². The molecule has 0 amide bonds. The van der Waals surface area contributed by atoms with Gasteiger partial charge in [0.25, 0.3) is 5.56 Å². The number of benzene rings is 4. The summed E-state index contributed by atoms with van der Waals surface area (Å²) in [6.45, 7) is 0.346. The zero-order valence-corrected chi connectivity index (χ0v) is 24.1. The van der Waals surface area contributed by atoms with Gasteiger partial charge in [-0.25, -0.2) is 4.98 Å². The Morgan fingerprint density at radius 3 is 2.62 bits per heavy atom. The minimum absolute atomic E-state index is 0.273. The lowest BCUT2D eigenvalue weighted by atomic mass is 10.2. The fourth-order valence-corrected chi connectivity index (χ4v) is 5.52. The minimum Gasteiger partial charge on any atom is -0.487 e. The molecule has 6 aromatic rings. The highest BCUT2D eigenvalue weighted by molar-refractivity contribution is 9.10. The summed E-state index contributed by atoms with van der Waals surface area (Å²) < 4.78 is 15.0. The minimum atomic E-state index is -0.332. The summed E-state index contributed by atoms with van der Waals surface area (Å²) >= 11 is 13.4. The van der Waals surface area contributed by atoms with E-state index in [-0.39, 0.29) is 11.4 Å². The van der Waals surface area contributed by atoms with Gasteiger partial charge in [0.1, 0.15) is 17.9 Å². The molecular weight excluding hydrogens is 646 g/mol. The lowest BCUT2D eigenvalue weighted by Crippen LogP contribution is -2.20. The Bertz CT molecular complexity index is 1930. The van der Waals surface area contributed by atoms with Crippen LogP contribution in [0.25, 0.3) is 33.5 Å². The second-order valence-corrected chi connectivity index (χ2v) is 10.9. The largest absolute Gasteiger partial charge is 0.487 e. The number of fused-ring (bicyclic) bond motifs is 2. The highest BCUT2D eigenvalue weighted by atomic mass is 79.9. The molecule has 0 fully saturated rings. The van der Waals surface area contributed by atoms with Crippen LogP contribution in [0.3, 0.4) is 0 Å². The van der Waals surface area contributed by atoms with Gasteiger partial charge in [0, 0.05) is 20.4 Å². The van der Waals surface area contributed by atoms with Crippen LogP contribution in [0.4, 0.5) is 0 Å². The smallest absolute Gasteiger partial charge is 0.282 e. The normalized spacial score (nSPS) is 11.6. The van der Waals surface area contributed by atoms with Crippen LogP contribution >= 0.6 is 43.5 Å². The van der Waals surface area contributed by atoms with Crippen molar-refractivity contribution in [3.8, 4) is 17.3 Å². The van der Waals surface area contributed by atoms with Gasteiger partial charge in [0.15, 0.2) is 5.76 Å². The third-order valence-electron chi connectivity index (χ3n) is 6.03. The quantitative estimate of drug-likeness (QED) is 0.168. The van der Waals surface area contributed by atoms with Gasteiger partial charge in [0.2, 0.25) is 5.82 Å². The van der Waals surface area contributed by atoms with Crippen molar-refractivity contribution >= 4 is 71.5 Å². The zero-order valence-electron chi connectivity index (χ0n) is 20.1. The van der Waals surface area contributed by atoms with Crippen molar-refractivity contribution in [2.24, 2.45) is 5.10 Å². The lowest BCUT2D eigenvalue weighted by molar-refractivity contribution is 0.304. The first-order chi connectivity index (χ1) is 19.0. The van der Waals surface area contributed by atoms with Crippen molar-refractivity contribution < 1.29 is 9.15 Å². The number of aromatic nitrogens is 2. The first-order valence-electron chi connectivity index (χ1n) is 11.9. The van der Waals surface area contributed by atoms with Crippen molar-refractivity contribution in [2.45, 2.75) is 6.61 Å². The van der Waals surface area contributed by atoms with Crippen molar-refractivity contribution in [1.82, 2.24) is 9.66 Å². The fourth-order valence-electron chi connectivity index (χ4n) is 4.19. The Balaban J connectivity index is 1.48. The van der Waals surface area contributed by atoms with E-state index in [4.69, 9.17) is 25.7 Å². The van der Waals surface area contributed by atoms with Gasteiger partial charge < -0.3 is 9.15 Å². The highest BCUT2D eigenvalue weighted by Gasteiger charge is 2.17. The summed E-state index contributed by atoms with van der Waals surface area (Å²) in [6, 6.07) is 28.0. The molecular formula is C30H18Br2ClN3O3. The van der Waals surface area contributed by atoms with Crippen LogP contribution in [0.2, 0.25) is 5.02 Å². The SMILES string of the molecule is O=c1c2ccccc2nc(-c2cc3cc(Br)ccc3o2)n1N=Cc1cc(Cl)cc(Br)c1OCc1ccccc1. The van der Waals surface area contributed by atoms with Gasteiger partial charge in [-0.2, -0.15) is 9.78 Å². The van der Waals surface area contributed by atoms with Gasteiger partial charge in [-0.05, 0) is 70.0 Å². The maximum absolute atomic E-state index is 13.6. The molecule has 9 heteroatoms. The average Bonchev–Trinajstić information content (AvgIpc) is 3.35. The van der Waals surface area contributed by atoms with Crippen LogP contribution < -0.4 is 10.3 Å². The van der Waals surface area contributed by atoms with Crippen molar-refractivity contribution in [3.05, 3.63) is 126 Å². The third kappa shape index (κ3) is 5.28. The number of furan rings is 1. The molecule has 192 valence electrons. The Kier molecular flexibility index (Phi) is 7.08. The van der Waals surface area contributed by atoms with E-state index >= 15 is 0 Å². The van der Waals surface area contributed by atoms with Crippen LogP contribution in [0.15, 0.2) is 114 Å². The molecule has 0 spiro atoms. The second kappa shape index (κ2) is 10.8. The first-order valence-corrected chi connectivity index (χ1v) is 13.8. The molecule has 6 nitrogen and oxygen atoms in total. The summed E-state index contributed by atoms with van der Waals surface area (Å²) in [7, 11) is 0. The molecule has 0 atom stereocenters. The van der Waals surface area contributed by atoms with Gasteiger partial charge in [-0.15, -0.1) is 0 Å². The van der Waals surface area contributed by atoms with Crippen molar-refractivity contribution in [3.63, 3.8) is 0 Å². The molecule has 0 saturated carbocycles. The van der Waals surface area contributed by atoms with E-state index in [9.17, 15) is 4.79 Å². The number of ether oxygens (including phenoxy) is 1. The fraction of sp³-hybridized carbons (Fsp3) is 0.0333. The second-order valence-electron chi connectivity index (χ2n) is 8.69. The van der Waals surface area contributed by atoms with Crippen molar-refractivity contribution in [2.75, 3.05) is 0 Å². The van der Waals surface area contributed by atoms with E-state index < -0.39 is 0 Å². The average molecular weight is 664 g/mol. The van der Waals surface area contributed by atoms with Crippen LogP contribution in [-0.4, -0.2) is 15.9 Å². The molecule has 4 aromatic carbocycles. The summed E-state index contributed by atoms with van der Waals surface area (Å²) in [5, 5.41) is 6.37. The lowest BCUT2D eigenvalue weighted by Gasteiger charge is -2.12. The number of para-hydroxylation sites is 1. The number of hydrogen-bond donors (Lipinski definition) is 0. The molecule has 0 aliphatic rings. The molecule has 0 unspecified atom stereocenters. The molecule has 0 aliphatic heterocycles. The molecule has 2 heterocycles. The van der Waals surface area contributed by atoms with Gasteiger partial charge in [0.05, 0.1) is 21.6 Å². The van der Waals surface area contributed by atoms with Crippen LogP contribution in [0, 0.1) is 0 Å². The number of halogens is 3. The molecule has 0 bridgehead atoms. The maximum atomic E-state index is 13.6. The summed E-state index contributed by atoms with van der Waals surface area (Å²) in [4.78, 5) is 18.4. The van der Waals surface area contributed by atoms with Gasteiger partial charge in [-0.1, -0.05) is 70.0 Å². The van der Waals surface area contributed by atoms with Crippen LogP contribution in [0.5, 0.6) is 5.75 Å². The topological polar surface area (TPSA) is 69.6 Å². The summed E-state index contributed by atoms with van der Waals surface area (Å²) in [6.07, 6.45) is 1.54. The molecule has 0 saturated heterocycles. The maximum Gasteiger partial charge on any atom is 0.282 e. The molecule has 0 radical (unpaired) electrons. The van der Waals surface area contributed by atoms with Crippen molar-refractivity contribution in [1.29, 1.82) is 0 Å². The monoisotopic (exact) mass is 661 g/mol. The van der Waals surface area contributed by atoms with E-state index in [0.29, 0.717) is 49.7 Å². The molecule has 39 heavy (non-hydrogen) atoms. The highest BCUT2D eigenvalue weighted by Crippen LogP contribution is 2.33. The standard InChI is InChI=1S/C30H18Br2ClN3O3/c31-21-10-11-26-19(12-21)14-27(39-26)29-35-25-9-5-4-8-23(25)30(37)36(29)34-16-20-13-22(33)15-24(32)28(20)38-17-18-6-2-1-3-7-18/h1-16H,17H2. The van der Waals surface area contributed by atoms with E-state index in [1.165, 1.54) is 10.9 Å². The Labute approximate surface area is 244 Å². The Hall–Kier alpha value is -3.72. The van der Waals surface area contributed by atoms with Crippen LogP contribution in [-0.2, 0) is 6.61 Å². The van der Waals surface area contributed by atoms with E-state index in [0.717, 1.165) is 15.4 Å². The molecule has 0 N–H and O–H groups in total. The zero-order chi connectivity index (χ0) is 26.9. The van der Waals surface area contributed by atoms with E-state index in [1.807, 2.05) is 60.7 Å². The van der Waals surface area contributed by atoms with Gasteiger partial charge in [-0.3, -0.25) is 4.79 Å². The number of hydrogen-bond acceptors (Lipinski definition) is 5. The summed E-state index contributed by atoms with van der Waals surface area (Å²) in [5.41, 5.74) is 2.48. The predicted octanol–water partition coefficient (Wildman–Crippen LogP) is 8.45. The number of nitrogens with zero attached hydrogens (tertiary/aromatic N) is 3.